The summed E-state index contributed by atoms with van der Waals surface area (Å²) in [5.74, 6) is 0.748. The van der Waals surface area contributed by atoms with Crippen molar-refractivity contribution in [2.75, 3.05) is 0 Å². The number of hydrogen-bond acceptors (Lipinski definition) is 5. The van der Waals surface area contributed by atoms with Crippen LogP contribution in [-0.4, -0.2) is 0 Å². The van der Waals surface area contributed by atoms with Gasteiger partial charge in [-0.25, -0.2) is 0 Å². The maximum Gasteiger partial charge on any atom is 0.128 e. The van der Waals surface area contributed by atoms with Crippen LogP contribution in [0.2, 0.25) is 0 Å². The smallest absolute Gasteiger partial charge is 0.128 e. The van der Waals surface area contributed by atoms with E-state index in [0.717, 1.165) is 0 Å². The second-order valence-electron chi connectivity index (χ2n) is 3.96. The van der Waals surface area contributed by atoms with E-state index in [2.05, 4.69) is 0 Å². The maximum atomic E-state index is 8.95. The van der Waals surface area contributed by atoms with Crippen molar-refractivity contribution >= 4 is 0 Å². The molecule has 0 heterocycles. The first-order valence-electron chi connectivity index (χ1n) is 5.78. The summed E-state index contributed by atoms with van der Waals surface area (Å²) >= 11 is 0. The molecule has 0 aromatic heterocycles. The Labute approximate surface area is 121 Å². The largest absolute Gasteiger partial charge is 0.457 e. The molecule has 0 aliphatic rings. The van der Waals surface area contributed by atoms with Gasteiger partial charge in [-0.15, -0.1) is 0 Å². The van der Waals surface area contributed by atoms with E-state index in [4.69, 9.17) is 25.8 Å². The molecule has 0 saturated carbocycles. The van der Waals surface area contributed by atoms with Crippen molar-refractivity contribution in [3.05, 3.63) is 58.7 Å². The van der Waals surface area contributed by atoms with Gasteiger partial charge in [0.15, 0.2) is 0 Å². The first kappa shape index (κ1) is 13.6. The highest BCUT2D eigenvalue weighted by Gasteiger charge is 2.07. The van der Waals surface area contributed by atoms with Crippen molar-refractivity contribution in [2.45, 2.75) is 0 Å². The monoisotopic (exact) mass is 270 g/mol. The van der Waals surface area contributed by atoms with E-state index in [0.29, 0.717) is 11.5 Å². The predicted octanol–water partition coefficient (Wildman–Crippen LogP) is 2.97. The van der Waals surface area contributed by atoms with Gasteiger partial charge in [0, 0.05) is 0 Å². The molecular weight excluding hydrogens is 264 g/mol. The number of nitrogens with zero attached hydrogens (tertiary/aromatic N) is 4. The Morgan fingerprint density at radius 2 is 0.952 bits per heavy atom. The third-order valence-electron chi connectivity index (χ3n) is 2.70. The summed E-state index contributed by atoms with van der Waals surface area (Å²) in [5.41, 5.74) is 0.957. The third-order valence-corrected chi connectivity index (χ3v) is 2.70. The zero-order valence-electron chi connectivity index (χ0n) is 10.7. The number of nitriles is 4. The lowest BCUT2D eigenvalue weighted by molar-refractivity contribution is 0.482. The SMILES string of the molecule is N#Cc1ccc(Oc2ccc(C#N)c(C#N)c2)cc1C#N. The summed E-state index contributed by atoms with van der Waals surface area (Å²) in [6, 6.07) is 16.6. The molecule has 0 amide bonds. The third kappa shape index (κ3) is 2.79. The fourth-order valence-electron chi connectivity index (χ4n) is 1.69. The van der Waals surface area contributed by atoms with Gasteiger partial charge in [0.2, 0.25) is 0 Å². The van der Waals surface area contributed by atoms with Crippen LogP contribution in [-0.2, 0) is 0 Å². The van der Waals surface area contributed by atoms with Crippen molar-refractivity contribution in [1.82, 2.24) is 0 Å². The summed E-state index contributed by atoms with van der Waals surface area (Å²) in [6.45, 7) is 0. The van der Waals surface area contributed by atoms with Crippen LogP contribution in [0, 0.1) is 45.3 Å². The number of ether oxygens (including phenoxy) is 1. The molecule has 5 nitrogen and oxygen atoms in total. The molecule has 96 valence electrons. The Kier molecular flexibility index (Phi) is 3.82. The molecule has 0 aliphatic heterocycles. The second kappa shape index (κ2) is 5.89. The topological polar surface area (TPSA) is 104 Å². The van der Waals surface area contributed by atoms with E-state index >= 15 is 0 Å². The van der Waals surface area contributed by atoms with Crippen LogP contribution in [0.3, 0.4) is 0 Å². The Morgan fingerprint density at radius 3 is 1.29 bits per heavy atom. The molecule has 0 atom stereocenters. The maximum absolute atomic E-state index is 8.95. The zero-order valence-corrected chi connectivity index (χ0v) is 10.7. The Bertz CT molecular complexity index is 800. The highest BCUT2D eigenvalue weighted by molar-refractivity contribution is 5.52. The van der Waals surface area contributed by atoms with Crippen molar-refractivity contribution in [3.63, 3.8) is 0 Å². The molecule has 0 radical (unpaired) electrons. The summed E-state index contributed by atoms with van der Waals surface area (Å²) < 4.78 is 5.54. The minimum absolute atomic E-state index is 0.212. The Balaban J connectivity index is 2.36. The molecule has 0 N–H and O–H groups in total. The lowest BCUT2D eigenvalue weighted by Crippen LogP contribution is -1.90. The average Bonchev–Trinajstić information content (AvgIpc) is 2.54. The van der Waals surface area contributed by atoms with Crippen LogP contribution in [0.25, 0.3) is 0 Å². The van der Waals surface area contributed by atoms with Crippen LogP contribution < -0.4 is 4.74 Å². The molecule has 0 saturated heterocycles. The van der Waals surface area contributed by atoms with Gasteiger partial charge in [-0.3, -0.25) is 0 Å². The van der Waals surface area contributed by atoms with Crippen molar-refractivity contribution < 1.29 is 4.74 Å². The zero-order chi connectivity index (χ0) is 15.2. The van der Waals surface area contributed by atoms with Crippen molar-refractivity contribution in [1.29, 1.82) is 21.0 Å². The fraction of sp³-hybridized carbons (Fsp3) is 0. The molecule has 5 heteroatoms. The summed E-state index contributed by atoms with van der Waals surface area (Å²) in [7, 11) is 0. The van der Waals surface area contributed by atoms with Crippen molar-refractivity contribution in [3.8, 4) is 35.8 Å². The normalized spacial score (nSPS) is 8.76. The average molecular weight is 270 g/mol. The molecule has 0 fully saturated rings. The molecular formula is C16H6N4O. The minimum Gasteiger partial charge on any atom is -0.457 e. The van der Waals surface area contributed by atoms with Crippen LogP contribution in [0.1, 0.15) is 22.3 Å². The van der Waals surface area contributed by atoms with E-state index in [-0.39, 0.29) is 22.3 Å². The number of benzene rings is 2. The molecule has 0 bridgehead atoms. The van der Waals surface area contributed by atoms with E-state index in [1.54, 1.807) is 12.1 Å². The van der Waals surface area contributed by atoms with E-state index in [9.17, 15) is 0 Å². The first-order valence-corrected chi connectivity index (χ1v) is 5.78. The highest BCUT2D eigenvalue weighted by atomic mass is 16.5. The Morgan fingerprint density at radius 1 is 0.571 bits per heavy atom. The standard InChI is InChI=1S/C16H6N4O/c17-7-11-1-3-15(5-13(11)9-19)21-16-4-2-12(8-18)14(6-16)10-20/h1-6H. The van der Waals surface area contributed by atoms with Crippen LogP contribution >= 0.6 is 0 Å². The number of hydrogen-bond donors (Lipinski definition) is 0. The van der Waals surface area contributed by atoms with E-state index < -0.39 is 0 Å². The van der Waals surface area contributed by atoms with Gasteiger partial charge in [-0.1, -0.05) is 0 Å². The van der Waals surface area contributed by atoms with Gasteiger partial charge in [0.05, 0.1) is 22.3 Å². The lowest BCUT2D eigenvalue weighted by Gasteiger charge is -2.07. The molecule has 0 spiro atoms. The van der Waals surface area contributed by atoms with Gasteiger partial charge >= 0.3 is 0 Å². The van der Waals surface area contributed by atoms with Crippen LogP contribution in [0.15, 0.2) is 36.4 Å². The van der Waals surface area contributed by atoms with Gasteiger partial charge in [0.1, 0.15) is 35.8 Å². The predicted molar refractivity (Wildman–Crippen MR) is 71.8 cm³/mol. The van der Waals surface area contributed by atoms with Crippen LogP contribution in [0.4, 0.5) is 0 Å². The van der Waals surface area contributed by atoms with Gasteiger partial charge < -0.3 is 4.74 Å². The van der Waals surface area contributed by atoms with Crippen LogP contribution in [0.5, 0.6) is 11.5 Å². The quantitative estimate of drug-likeness (QED) is 0.834. The highest BCUT2D eigenvalue weighted by Crippen LogP contribution is 2.25. The van der Waals surface area contributed by atoms with Gasteiger partial charge in [0.25, 0.3) is 0 Å². The minimum atomic E-state index is 0.212. The van der Waals surface area contributed by atoms with E-state index in [1.807, 2.05) is 24.3 Å². The van der Waals surface area contributed by atoms with E-state index in [1.165, 1.54) is 24.3 Å². The lowest BCUT2D eigenvalue weighted by atomic mass is 10.1. The molecule has 2 aromatic carbocycles. The Hall–Kier alpha value is -3.80. The number of rotatable bonds is 2. The molecule has 0 unspecified atom stereocenters. The molecule has 21 heavy (non-hydrogen) atoms. The summed E-state index contributed by atoms with van der Waals surface area (Å²) in [4.78, 5) is 0. The second-order valence-corrected chi connectivity index (χ2v) is 3.96. The van der Waals surface area contributed by atoms with Gasteiger partial charge in [-0.2, -0.15) is 21.0 Å². The summed E-state index contributed by atoms with van der Waals surface area (Å²) in [5, 5.41) is 35.6. The summed E-state index contributed by atoms with van der Waals surface area (Å²) in [6.07, 6.45) is 0. The first-order chi connectivity index (χ1) is 10.2. The van der Waals surface area contributed by atoms with Crippen molar-refractivity contribution in [2.24, 2.45) is 0 Å². The molecule has 2 aromatic rings. The van der Waals surface area contributed by atoms with Gasteiger partial charge in [-0.05, 0) is 36.4 Å². The fourth-order valence-corrected chi connectivity index (χ4v) is 1.69. The molecule has 2 rings (SSSR count). The molecule has 0 aliphatic carbocycles.